The van der Waals surface area contributed by atoms with Gasteiger partial charge in [-0.2, -0.15) is 0 Å². The predicted octanol–water partition coefficient (Wildman–Crippen LogP) is -0.0305. The topological polar surface area (TPSA) is 49.4 Å². The Morgan fingerprint density at radius 3 is 2.79 bits per heavy atom. The second-order valence-corrected chi connectivity index (χ2v) is 5.67. The van der Waals surface area contributed by atoms with E-state index >= 15 is 0 Å². The summed E-state index contributed by atoms with van der Waals surface area (Å²) in [5.74, 6) is -0.0868. The number of hydrogen-bond donors (Lipinski definition) is 1. The minimum Gasteiger partial charge on any atom is -0.315 e. The molecule has 0 aromatic rings. The minimum atomic E-state index is -3.25. The molecule has 0 amide bonds. The molecule has 6 heteroatoms. The van der Waals surface area contributed by atoms with E-state index in [1.165, 1.54) is 4.31 Å². The molecule has 1 unspecified atom stereocenters. The number of nitrogens with one attached hydrogen (secondary N) is 1. The molecule has 1 N–H and O–H groups in total. The van der Waals surface area contributed by atoms with Gasteiger partial charge < -0.3 is 5.32 Å². The lowest BCUT2D eigenvalue weighted by Crippen LogP contribution is -2.39. The second kappa shape index (κ2) is 5.04. The first-order valence-corrected chi connectivity index (χ1v) is 6.41. The highest BCUT2D eigenvalue weighted by Gasteiger charge is 2.27. The third-order valence-corrected chi connectivity index (χ3v) is 4.50. The molecule has 1 atom stereocenters. The fourth-order valence-corrected chi connectivity index (χ4v) is 2.95. The summed E-state index contributed by atoms with van der Waals surface area (Å²) in [6.07, 6.45) is 0.929. The Morgan fingerprint density at radius 2 is 2.29 bits per heavy atom. The van der Waals surface area contributed by atoms with Crippen LogP contribution in [-0.2, 0) is 10.0 Å². The van der Waals surface area contributed by atoms with Gasteiger partial charge in [0.15, 0.2) is 0 Å². The van der Waals surface area contributed by atoms with E-state index in [0.29, 0.717) is 6.54 Å². The van der Waals surface area contributed by atoms with Crippen molar-refractivity contribution in [1.82, 2.24) is 9.62 Å². The van der Waals surface area contributed by atoms with Gasteiger partial charge in [-0.1, -0.05) is 0 Å². The summed E-state index contributed by atoms with van der Waals surface area (Å²) >= 11 is 0. The quantitative estimate of drug-likeness (QED) is 0.713. The lowest BCUT2D eigenvalue weighted by molar-refractivity contribution is 0.384. The Hall–Kier alpha value is -0.200. The molecule has 0 saturated carbocycles. The fraction of sp³-hybridized carbons (Fsp3) is 1.00. The maximum absolute atomic E-state index is 11.9. The summed E-state index contributed by atoms with van der Waals surface area (Å²) in [6.45, 7) is 0.981. The van der Waals surface area contributed by atoms with Crippen LogP contribution in [0.5, 0.6) is 0 Å². The molecule has 1 aliphatic heterocycles. The smallest absolute Gasteiger partial charge is 0.214 e. The molecule has 1 saturated heterocycles. The number of rotatable bonds is 5. The van der Waals surface area contributed by atoms with Gasteiger partial charge in [0.2, 0.25) is 10.0 Å². The molecule has 0 radical (unpaired) electrons. The molecule has 4 nitrogen and oxygen atoms in total. The standard InChI is InChI=1S/C8H17FN2O2S/c1-11(8-3-5-10-7-8)14(12,13)6-2-4-9/h8,10H,2-7H2,1H3. The first-order chi connectivity index (χ1) is 6.58. The monoisotopic (exact) mass is 224 g/mol. The van der Waals surface area contributed by atoms with Gasteiger partial charge in [-0.15, -0.1) is 0 Å². The third kappa shape index (κ3) is 2.90. The zero-order valence-electron chi connectivity index (χ0n) is 8.37. The van der Waals surface area contributed by atoms with E-state index in [4.69, 9.17) is 0 Å². The van der Waals surface area contributed by atoms with Crippen LogP contribution in [0.3, 0.4) is 0 Å². The Bertz CT molecular complexity index is 263. The maximum Gasteiger partial charge on any atom is 0.214 e. The zero-order valence-corrected chi connectivity index (χ0v) is 9.19. The minimum absolute atomic E-state index is 0.0413. The van der Waals surface area contributed by atoms with Crippen LogP contribution in [0.1, 0.15) is 12.8 Å². The lowest BCUT2D eigenvalue weighted by atomic mass is 10.3. The SMILES string of the molecule is CN(C1CCNC1)S(=O)(=O)CCCF. The third-order valence-electron chi connectivity index (χ3n) is 2.52. The Kier molecular flexibility index (Phi) is 4.28. The fourth-order valence-electron chi connectivity index (χ4n) is 1.56. The first-order valence-electron chi connectivity index (χ1n) is 4.80. The molecule has 1 rings (SSSR count). The van der Waals surface area contributed by atoms with E-state index in [1.54, 1.807) is 7.05 Å². The van der Waals surface area contributed by atoms with Crippen LogP contribution >= 0.6 is 0 Å². The Balaban J connectivity index is 2.52. The van der Waals surface area contributed by atoms with Crippen LogP contribution in [0.25, 0.3) is 0 Å². The van der Waals surface area contributed by atoms with Crippen LogP contribution < -0.4 is 5.32 Å². The van der Waals surface area contributed by atoms with Crippen LogP contribution in [0, 0.1) is 0 Å². The molecule has 1 fully saturated rings. The van der Waals surface area contributed by atoms with Crippen LogP contribution in [0.4, 0.5) is 4.39 Å². The van der Waals surface area contributed by atoms with Gasteiger partial charge in [0.1, 0.15) is 0 Å². The number of halogens is 1. The summed E-state index contributed by atoms with van der Waals surface area (Å²) < 4.78 is 36.5. The summed E-state index contributed by atoms with van der Waals surface area (Å²) in [5, 5.41) is 3.10. The van der Waals surface area contributed by atoms with Crippen molar-refractivity contribution in [3.05, 3.63) is 0 Å². The molecule has 0 bridgehead atoms. The molecule has 0 aromatic heterocycles. The van der Waals surface area contributed by atoms with Gasteiger partial charge in [0, 0.05) is 19.6 Å². The van der Waals surface area contributed by atoms with E-state index in [9.17, 15) is 12.8 Å². The molecule has 0 aliphatic carbocycles. The van der Waals surface area contributed by atoms with Crippen LogP contribution in [0.2, 0.25) is 0 Å². The van der Waals surface area contributed by atoms with Crippen molar-refractivity contribution < 1.29 is 12.8 Å². The van der Waals surface area contributed by atoms with Gasteiger partial charge in [-0.25, -0.2) is 12.7 Å². The second-order valence-electron chi connectivity index (χ2n) is 3.52. The van der Waals surface area contributed by atoms with E-state index in [2.05, 4.69) is 5.32 Å². The van der Waals surface area contributed by atoms with Crippen molar-refractivity contribution in [2.45, 2.75) is 18.9 Å². The average molecular weight is 224 g/mol. The largest absolute Gasteiger partial charge is 0.315 e. The lowest BCUT2D eigenvalue weighted by Gasteiger charge is -2.22. The van der Waals surface area contributed by atoms with Gasteiger partial charge in [-0.05, 0) is 19.4 Å². The van der Waals surface area contributed by atoms with Crippen molar-refractivity contribution in [2.75, 3.05) is 32.6 Å². The number of alkyl halides is 1. The van der Waals surface area contributed by atoms with Crippen molar-refractivity contribution in [3.8, 4) is 0 Å². The van der Waals surface area contributed by atoms with E-state index < -0.39 is 16.7 Å². The van der Waals surface area contributed by atoms with Crippen LogP contribution in [-0.4, -0.2) is 51.3 Å². The zero-order chi connectivity index (χ0) is 10.6. The van der Waals surface area contributed by atoms with Gasteiger partial charge in [0.25, 0.3) is 0 Å². The molecular formula is C8H17FN2O2S. The highest BCUT2D eigenvalue weighted by atomic mass is 32.2. The molecule has 0 aromatic carbocycles. The predicted molar refractivity (Wildman–Crippen MR) is 53.4 cm³/mol. The van der Waals surface area contributed by atoms with E-state index in [1.807, 2.05) is 0 Å². The number of likely N-dealkylation sites (N-methyl/N-ethyl adjacent to an activating group) is 1. The Labute approximate surface area is 84.5 Å². The van der Waals surface area contributed by atoms with Crippen LogP contribution in [0.15, 0.2) is 0 Å². The normalized spacial score (nSPS) is 23.2. The summed E-state index contributed by atoms with van der Waals surface area (Å²) in [6, 6.07) is 0.0413. The number of nitrogens with zero attached hydrogens (tertiary/aromatic N) is 1. The van der Waals surface area contributed by atoms with Crippen molar-refractivity contribution in [2.24, 2.45) is 0 Å². The van der Waals surface area contributed by atoms with E-state index in [0.717, 1.165) is 13.0 Å². The molecule has 14 heavy (non-hydrogen) atoms. The van der Waals surface area contributed by atoms with Gasteiger partial charge in [0.05, 0.1) is 12.4 Å². The van der Waals surface area contributed by atoms with E-state index in [-0.39, 0.29) is 18.2 Å². The average Bonchev–Trinajstić information content (AvgIpc) is 2.66. The maximum atomic E-state index is 11.9. The number of sulfonamides is 1. The summed E-state index contributed by atoms with van der Waals surface area (Å²) in [7, 11) is -1.68. The van der Waals surface area contributed by atoms with Gasteiger partial charge in [-0.3, -0.25) is 4.39 Å². The summed E-state index contributed by atoms with van der Waals surface area (Å²) in [5.41, 5.74) is 0. The highest BCUT2D eigenvalue weighted by molar-refractivity contribution is 7.89. The van der Waals surface area contributed by atoms with Crippen molar-refractivity contribution in [1.29, 1.82) is 0 Å². The molecular weight excluding hydrogens is 207 g/mol. The molecule has 84 valence electrons. The number of hydrogen-bond acceptors (Lipinski definition) is 3. The highest BCUT2D eigenvalue weighted by Crippen LogP contribution is 2.11. The van der Waals surface area contributed by atoms with Crippen molar-refractivity contribution >= 4 is 10.0 Å². The van der Waals surface area contributed by atoms with Gasteiger partial charge >= 0.3 is 0 Å². The summed E-state index contributed by atoms with van der Waals surface area (Å²) in [4.78, 5) is 0. The Morgan fingerprint density at radius 1 is 1.57 bits per heavy atom. The molecule has 1 aliphatic rings. The van der Waals surface area contributed by atoms with Crippen molar-refractivity contribution in [3.63, 3.8) is 0 Å². The molecule has 0 spiro atoms. The first kappa shape index (κ1) is 11.9. The molecule has 1 heterocycles.